The summed E-state index contributed by atoms with van der Waals surface area (Å²) >= 11 is 0. The molecule has 2 amide bonds. The Bertz CT molecular complexity index is 357. The van der Waals surface area contributed by atoms with Crippen LogP contribution in [0.5, 0.6) is 0 Å². The fourth-order valence-electron chi connectivity index (χ4n) is 2.49. The molecule has 0 aromatic rings. The molecule has 2 atom stereocenters. The third kappa shape index (κ3) is 3.01. The number of amides is 2. The molecule has 5 nitrogen and oxygen atoms in total. The van der Waals surface area contributed by atoms with E-state index in [9.17, 15) is 14.7 Å². The van der Waals surface area contributed by atoms with Crippen molar-refractivity contribution < 1.29 is 14.7 Å². The van der Waals surface area contributed by atoms with E-state index in [1.807, 2.05) is 13.8 Å². The van der Waals surface area contributed by atoms with E-state index in [-0.39, 0.29) is 12.1 Å². The quantitative estimate of drug-likeness (QED) is 0.852. The number of urea groups is 1. The van der Waals surface area contributed by atoms with E-state index >= 15 is 0 Å². The van der Waals surface area contributed by atoms with Gasteiger partial charge in [0.25, 0.3) is 0 Å². The van der Waals surface area contributed by atoms with Crippen LogP contribution < -0.4 is 0 Å². The molecule has 0 aliphatic carbocycles. The van der Waals surface area contributed by atoms with Gasteiger partial charge in [-0.05, 0) is 25.7 Å². The molecule has 1 aliphatic heterocycles. The van der Waals surface area contributed by atoms with Crippen molar-refractivity contribution in [2.24, 2.45) is 11.3 Å². The lowest BCUT2D eigenvalue weighted by Gasteiger charge is -2.32. The summed E-state index contributed by atoms with van der Waals surface area (Å²) in [4.78, 5) is 27.2. The second-order valence-electron chi connectivity index (χ2n) is 5.99. The summed E-state index contributed by atoms with van der Waals surface area (Å²) in [5.41, 5.74) is -0.752. The number of likely N-dealkylation sites (tertiary alicyclic amines) is 1. The second-order valence-corrected chi connectivity index (χ2v) is 5.99. The number of aliphatic carboxylic acids is 1. The van der Waals surface area contributed by atoms with Gasteiger partial charge in [-0.25, -0.2) is 4.79 Å². The van der Waals surface area contributed by atoms with Crippen LogP contribution in [0.2, 0.25) is 0 Å². The van der Waals surface area contributed by atoms with Gasteiger partial charge in [0, 0.05) is 26.2 Å². The van der Waals surface area contributed by atoms with Gasteiger partial charge in [-0.2, -0.15) is 0 Å². The first-order valence-electron chi connectivity index (χ1n) is 7.00. The molecular weight excluding hydrogens is 244 g/mol. The van der Waals surface area contributed by atoms with E-state index in [2.05, 4.69) is 13.8 Å². The van der Waals surface area contributed by atoms with E-state index < -0.39 is 11.4 Å². The zero-order valence-corrected chi connectivity index (χ0v) is 12.6. The molecule has 0 aromatic heterocycles. The van der Waals surface area contributed by atoms with Crippen molar-refractivity contribution >= 4 is 12.0 Å². The Kier molecular flexibility index (Phi) is 4.82. The molecule has 0 radical (unpaired) electrons. The monoisotopic (exact) mass is 270 g/mol. The van der Waals surface area contributed by atoms with Crippen LogP contribution in [0.15, 0.2) is 0 Å². The second kappa shape index (κ2) is 5.80. The SMILES string of the molecule is CCC1(C(=O)O)CCN(C(=O)N(C)C(C)C(C)C)C1. The molecule has 1 saturated heterocycles. The Morgan fingerprint density at radius 2 is 1.95 bits per heavy atom. The number of carboxylic acids is 1. The maximum Gasteiger partial charge on any atom is 0.320 e. The maximum absolute atomic E-state index is 12.4. The van der Waals surface area contributed by atoms with Gasteiger partial charge in [-0.1, -0.05) is 20.8 Å². The highest BCUT2D eigenvalue weighted by molar-refractivity contribution is 5.79. The van der Waals surface area contributed by atoms with Crippen molar-refractivity contribution in [1.29, 1.82) is 0 Å². The molecule has 5 heteroatoms. The molecule has 1 aliphatic rings. The van der Waals surface area contributed by atoms with Crippen LogP contribution in [0, 0.1) is 11.3 Å². The number of carbonyl (C=O) groups is 2. The lowest BCUT2D eigenvalue weighted by molar-refractivity contribution is -0.148. The molecule has 0 spiro atoms. The zero-order chi connectivity index (χ0) is 14.8. The van der Waals surface area contributed by atoms with Crippen LogP contribution in [0.1, 0.15) is 40.5 Å². The minimum atomic E-state index is -0.787. The smallest absolute Gasteiger partial charge is 0.320 e. The third-order valence-corrected chi connectivity index (χ3v) is 4.63. The van der Waals surface area contributed by atoms with Crippen LogP contribution in [-0.2, 0) is 4.79 Å². The summed E-state index contributed by atoms with van der Waals surface area (Å²) in [7, 11) is 1.79. The topological polar surface area (TPSA) is 60.9 Å². The Morgan fingerprint density at radius 1 is 1.37 bits per heavy atom. The van der Waals surface area contributed by atoms with Crippen molar-refractivity contribution in [2.45, 2.75) is 46.6 Å². The number of carbonyl (C=O) groups excluding carboxylic acids is 1. The summed E-state index contributed by atoms with van der Waals surface area (Å²) in [5.74, 6) is -0.406. The number of hydrogen-bond acceptors (Lipinski definition) is 2. The van der Waals surface area contributed by atoms with E-state index in [4.69, 9.17) is 0 Å². The average molecular weight is 270 g/mol. The molecular formula is C14H26N2O3. The zero-order valence-electron chi connectivity index (χ0n) is 12.6. The number of nitrogens with zero attached hydrogens (tertiary/aromatic N) is 2. The maximum atomic E-state index is 12.4. The van der Waals surface area contributed by atoms with Crippen molar-refractivity contribution in [3.05, 3.63) is 0 Å². The Balaban J connectivity index is 2.74. The van der Waals surface area contributed by atoms with Gasteiger partial charge in [0.05, 0.1) is 5.41 Å². The van der Waals surface area contributed by atoms with Gasteiger partial charge in [-0.15, -0.1) is 0 Å². The minimum absolute atomic E-state index is 0.0576. The first-order valence-corrected chi connectivity index (χ1v) is 7.00. The first kappa shape index (κ1) is 15.8. The number of hydrogen-bond donors (Lipinski definition) is 1. The van der Waals surface area contributed by atoms with Gasteiger partial charge in [-0.3, -0.25) is 4.79 Å². The lowest BCUT2D eigenvalue weighted by Crippen LogP contribution is -2.47. The van der Waals surface area contributed by atoms with E-state index in [1.54, 1.807) is 16.8 Å². The van der Waals surface area contributed by atoms with Crippen LogP contribution in [0.25, 0.3) is 0 Å². The highest BCUT2D eigenvalue weighted by atomic mass is 16.4. The largest absolute Gasteiger partial charge is 0.481 e. The molecule has 1 rings (SSSR count). The van der Waals surface area contributed by atoms with Crippen molar-refractivity contribution in [2.75, 3.05) is 20.1 Å². The molecule has 1 heterocycles. The van der Waals surface area contributed by atoms with Gasteiger partial charge >= 0.3 is 12.0 Å². The molecule has 19 heavy (non-hydrogen) atoms. The fraction of sp³-hybridized carbons (Fsp3) is 0.857. The molecule has 2 unspecified atom stereocenters. The highest BCUT2D eigenvalue weighted by Crippen LogP contribution is 2.34. The Hall–Kier alpha value is -1.26. The normalized spacial score (nSPS) is 24.6. The highest BCUT2D eigenvalue weighted by Gasteiger charge is 2.45. The van der Waals surface area contributed by atoms with Gasteiger partial charge in [0.1, 0.15) is 0 Å². The lowest BCUT2D eigenvalue weighted by atomic mass is 9.84. The van der Waals surface area contributed by atoms with Crippen LogP contribution >= 0.6 is 0 Å². The van der Waals surface area contributed by atoms with Gasteiger partial charge < -0.3 is 14.9 Å². The predicted molar refractivity (Wildman–Crippen MR) is 74.0 cm³/mol. The van der Waals surface area contributed by atoms with Crippen LogP contribution in [-0.4, -0.2) is 53.1 Å². The molecule has 0 aromatic carbocycles. The van der Waals surface area contributed by atoms with Crippen molar-refractivity contribution in [1.82, 2.24) is 9.80 Å². The van der Waals surface area contributed by atoms with Crippen LogP contribution in [0.3, 0.4) is 0 Å². The minimum Gasteiger partial charge on any atom is -0.481 e. The van der Waals surface area contributed by atoms with Crippen molar-refractivity contribution in [3.8, 4) is 0 Å². The average Bonchev–Trinajstić information content (AvgIpc) is 2.81. The van der Waals surface area contributed by atoms with E-state index in [1.165, 1.54) is 0 Å². The molecule has 1 fully saturated rings. The summed E-state index contributed by atoms with van der Waals surface area (Å²) < 4.78 is 0. The van der Waals surface area contributed by atoms with Gasteiger partial charge in [0.2, 0.25) is 0 Å². The molecule has 0 bridgehead atoms. The third-order valence-electron chi connectivity index (χ3n) is 4.63. The van der Waals surface area contributed by atoms with Crippen molar-refractivity contribution in [3.63, 3.8) is 0 Å². The summed E-state index contributed by atoms with van der Waals surface area (Å²) in [6.45, 7) is 8.91. The molecule has 1 N–H and O–H groups in total. The number of carboxylic acid groups (broad SMARTS) is 1. The van der Waals surface area contributed by atoms with E-state index in [0.29, 0.717) is 31.8 Å². The molecule has 0 saturated carbocycles. The summed E-state index contributed by atoms with van der Waals surface area (Å²) in [6.07, 6.45) is 1.12. The fourth-order valence-corrected chi connectivity index (χ4v) is 2.49. The Labute approximate surface area is 115 Å². The summed E-state index contributed by atoms with van der Waals surface area (Å²) in [5, 5.41) is 9.35. The number of rotatable bonds is 4. The Morgan fingerprint density at radius 3 is 2.32 bits per heavy atom. The predicted octanol–water partition coefficient (Wildman–Crippen LogP) is 2.27. The molecule has 110 valence electrons. The first-order chi connectivity index (χ1) is 8.75. The van der Waals surface area contributed by atoms with Gasteiger partial charge in [0.15, 0.2) is 0 Å². The standard InChI is InChI=1S/C14H26N2O3/c1-6-14(12(17)18)7-8-16(9-14)13(19)15(5)11(4)10(2)3/h10-11H,6-9H2,1-5H3,(H,17,18). The summed E-state index contributed by atoms with van der Waals surface area (Å²) in [6, 6.07) is 0.0896. The van der Waals surface area contributed by atoms with Crippen LogP contribution in [0.4, 0.5) is 4.79 Å². The van der Waals surface area contributed by atoms with E-state index in [0.717, 1.165) is 0 Å².